The van der Waals surface area contributed by atoms with Crippen LogP contribution in [-0.4, -0.2) is 81.2 Å². The minimum atomic E-state index is -5.23. The summed E-state index contributed by atoms with van der Waals surface area (Å²) in [6.07, 6.45) is 19.0. The van der Waals surface area contributed by atoms with E-state index in [4.69, 9.17) is 18.7 Å². The highest BCUT2D eigenvalue weighted by Gasteiger charge is 2.53. The Kier molecular flexibility index (Phi) is 31.1. The summed E-state index contributed by atoms with van der Waals surface area (Å²) in [7, 11) is -5.23. The zero-order chi connectivity index (χ0) is 41.4. The maximum atomic E-state index is 13.3. The first-order chi connectivity index (χ1) is 26.9. The molecule has 0 aromatic heterocycles. The minimum absolute atomic E-state index is 0.00590. The van der Waals surface area contributed by atoms with E-state index in [-0.39, 0.29) is 19.3 Å². The molecule has 330 valence electrons. The van der Waals surface area contributed by atoms with E-state index in [1.54, 1.807) is 0 Å². The van der Waals surface area contributed by atoms with Crippen molar-refractivity contribution in [1.29, 1.82) is 0 Å². The molecule has 1 fully saturated rings. The molecule has 13 nitrogen and oxygen atoms in total. The molecule has 1 amide bonds. The summed E-state index contributed by atoms with van der Waals surface area (Å²) in [5, 5.41) is 23.6. The summed E-state index contributed by atoms with van der Waals surface area (Å²) in [6.45, 7) is 5.67. The fourth-order valence-corrected chi connectivity index (χ4v) is 7.76. The molecule has 1 rings (SSSR count). The van der Waals surface area contributed by atoms with Crippen molar-refractivity contribution in [3.63, 3.8) is 0 Å². The molecule has 56 heavy (non-hydrogen) atoms. The van der Waals surface area contributed by atoms with Crippen molar-refractivity contribution in [2.24, 2.45) is 0 Å². The van der Waals surface area contributed by atoms with Gasteiger partial charge in [0.15, 0.2) is 6.10 Å². The molecular formula is C42H80NO12P. The lowest BCUT2D eigenvalue weighted by molar-refractivity contribution is -0.265. The first kappa shape index (κ1) is 52.4. The van der Waals surface area contributed by atoms with Gasteiger partial charge in [-0.05, 0) is 19.3 Å². The summed E-state index contributed by atoms with van der Waals surface area (Å²) in [5.74, 6) is -1.99. The van der Waals surface area contributed by atoms with Crippen LogP contribution >= 0.6 is 7.82 Å². The Balaban J connectivity index is 2.98. The lowest BCUT2D eigenvalue weighted by Crippen LogP contribution is -2.66. The van der Waals surface area contributed by atoms with Gasteiger partial charge in [-0.15, -0.1) is 0 Å². The highest BCUT2D eigenvalue weighted by Crippen LogP contribution is 2.42. The van der Waals surface area contributed by atoms with E-state index in [2.05, 4.69) is 26.1 Å². The Bertz CT molecular complexity index is 1060. The van der Waals surface area contributed by atoms with Crippen molar-refractivity contribution in [2.45, 2.75) is 244 Å². The number of hydrogen-bond donors (Lipinski definition) is 5. The third kappa shape index (κ3) is 26.4. The monoisotopic (exact) mass is 822 g/mol. The van der Waals surface area contributed by atoms with Gasteiger partial charge in [0.25, 0.3) is 0 Å². The Labute approximate surface area is 338 Å². The van der Waals surface area contributed by atoms with Crippen LogP contribution in [0.2, 0.25) is 0 Å². The third-order valence-electron chi connectivity index (χ3n) is 10.5. The second-order valence-corrected chi connectivity index (χ2v) is 16.9. The molecule has 0 saturated carbocycles. The first-order valence-corrected chi connectivity index (χ1v) is 23.8. The lowest BCUT2D eigenvalue weighted by Gasteiger charge is -2.44. The highest BCUT2D eigenvalue weighted by molar-refractivity contribution is 7.46. The molecule has 5 N–H and O–H groups in total. The Morgan fingerprint density at radius 3 is 1.54 bits per heavy atom. The van der Waals surface area contributed by atoms with Crippen molar-refractivity contribution < 1.29 is 57.7 Å². The maximum absolute atomic E-state index is 13.3. The SMILES string of the molecule is CCCCCCCCCCCCC[C@@H](O)CC(=O)O[C@H]1O[C@H](CO)[C@@H](OP(=O)(O)O)[C@H](OC(=O)CCCCCCCCC)[C@H]1NC(=O)CCCCCCCCC. The van der Waals surface area contributed by atoms with Crippen LogP contribution in [0.15, 0.2) is 0 Å². The van der Waals surface area contributed by atoms with Crippen LogP contribution in [0.25, 0.3) is 0 Å². The smallest absolute Gasteiger partial charge is 0.457 e. The zero-order valence-corrected chi connectivity index (χ0v) is 36.1. The van der Waals surface area contributed by atoms with E-state index in [1.165, 1.54) is 44.9 Å². The highest BCUT2D eigenvalue weighted by atomic mass is 31.2. The van der Waals surface area contributed by atoms with Crippen LogP contribution < -0.4 is 5.32 Å². The molecule has 1 aliphatic rings. The Morgan fingerprint density at radius 1 is 0.625 bits per heavy atom. The Morgan fingerprint density at radius 2 is 1.07 bits per heavy atom. The number of hydrogen-bond acceptors (Lipinski definition) is 10. The summed E-state index contributed by atoms with van der Waals surface area (Å²) >= 11 is 0. The van der Waals surface area contributed by atoms with Crippen molar-refractivity contribution in [1.82, 2.24) is 5.32 Å². The normalized spacial score (nSPS) is 20.4. The van der Waals surface area contributed by atoms with Gasteiger partial charge in [-0.3, -0.25) is 18.9 Å². The van der Waals surface area contributed by atoms with Gasteiger partial charge in [-0.25, -0.2) is 4.57 Å². The van der Waals surface area contributed by atoms with E-state index >= 15 is 0 Å². The molecule has 1 aliphatic heterocycles. The van der Waals surface area contributed by atoms with Crippen LogP contribution in [-0.2, 0) is 37.7 Å². The van der Waals surface area contributed by atoms with Gasteiger partial charge >= 0.3 is 19.8 Å². The molecule has 0 spiro atoms. The fourth-order valence-electron chi connectivity index (χ4n) is 7.18. The molecular weight excluding hydrogens is 741 g/mol. The number of carbonyl (C=O) groups excluding carboxylic acids is 3. The molecule has 0 aromatic rings. The average molecular weight is 822 g/mol. The number of nitrogens with one attached hydrogen (secondary N) is 1. The van der Waals surface area contributed by atoms with Gasteiger partial charge in [-0.2, -0.15) is 0 Å². The topological polar surface area (TPSA) is 198 Å². The van der Waals surface area contributed by atoms with Crippen molar-refractivity contribution in [2.75, 3.05) is 6.61 Å². The van der Waals surface area contributed by atoms with Gasteiger partial charge in [0, 0.05) is 12.8 Å². The Hall–Kier alpha value is -1.60. The first-order valence-electron chi connectivity index (χ1n) is 22.3. The van der Waals surface area contributed by atoms with Gasteiger partial charge < -0.3 is 39.5 Å². The minimum Gasteiger partial charge on any atom is -0.457 e. The van der Waals surface area contributed by atoms with Crippen LogP contribution in [0.1, 0.15) is 207 Å². The number of unbranched alkanes of at least 4 members (excludes halogenated alkanes) is 22. The molecule has 1 saturated heterocycles. The standard InChI is InChI=1S/C42H80NO12P/c1-4-7-10-13-16-17-18-19-22-23-26-29-34(45)32-38(48)54-42-39(43-36(46)30-27-24-20-14-11-8-5-2)41(40(35(33-44)52-42)55-56(49,50)51)53-37(47)31-28-25-21-15-12-9-6-3/h34-35,39-42,44-45H,4-33H2,1-3H3,(H,43,46)(H2,49,50,51)/t34-,35-,39-,40-,41-,42-/m1/s1. The number of phosphoric acid groups is 1. The van der Waals surface area contributed by atoms with E-state index in [0.29, 0.717) is 19.3 Å². The second-order valence-electron chi connectivity index (χ2n) is 15.7. The number of carbonyl (C=O) groups is 3. The number of ether oxygens (including phenoxy) is 3. The maximum Gasteiger partial charge on any atom is 0.470 e. The quantitative estimate of drug-likeness (QED) is 0.0229. The van der Waals surface area contributed by atoms with Gasteiger partial charge in [0.1, 0.15) is 18.2 Å². The number of aliphatic hydroxyl groups is 2. The molecule has 0 radical (unpaired) electrons. The molecule has 0 bridgehead atoms. The fraction of sp³-hybridized carbons (Fsp3) is 0.929. The predicted molar refractivity (Wildman–Crippen MR) is 217 cm³/mol. The summed E-state index contributed by atoms with van der Waals surface area (Å²) < 4.78 is 34.4. The third-order valence-corrected chi connectivity index (χ3v) is 11.0. The van der Waals surface area contributed by atoms with Crippen LogP contribution in [0.3, 0.4) is 0 Å². The molecule has 0 unspecified atom stereocenters. The van der Waals surface area contributed by atoms with Crippen LogP contribution in [0.4, 0.5) is 0 Å². The summed E-state index contributed by atoms with van der Waals surface area (Å²) in [4.78, 5) is 59.2. The number of amides is 1. The van der Waals surface area contributed by atoms with Crippen LogP contribution in [0.5, 0.6) is 0 Å². The van der Waals surface area contributed by atoms with Crippen LogP contribution in [0, 0.1) is 0 Å². The lowest BCUT2D eigenvalue weighted by atomic mass is 9.96. The number of esters is 2. The molecule has 0 aliphatic carbocycles. The molecule has 14 heteroatoms. The molecule has 1 heterocycles. The molecule has 0 aromatic carbocycles. The van der Waals surface area contributed by atoms with Crippen molar-refractivity contribution in [3.05, 3.63) is 0 Å². The van der Waals surface area contributed by atoms with Gasteiger partial charge in [0.05, 0.1) is 19.1 Å². The summed E-state index contributed by atoms with van der Waals surface area (Å²) in [6, 6.07) is -1.42. The van der Waals surface area contributed by atoms with E-state index in [9.17, 15) is 38.9 Å². The second kappa shape index (κ2) is 33.3. The van der Waals surface area contributed by atoms with E-state index in [0.717, 1.165) is 103 Å². The molecule has 6 atom stereocenters. The van der Waals surface area contributed by atoms with E-state index < -0.39 is 69.0 Å². The zero-order valence-electron chi connectivity index (χ0n) is 35.2. The average Bonchev–Trinajstić information content (AvgIpc) is 3.14. The van der Waals surface area contributed by atoms with Gasteiger partial charge in [0.2, 0.25) is 12.2 Å². The van der Waals surface area contributed by atoms with Crippen molar-refractivity contribution >= 4 is 25.7 Å². The number of aliphatic hydroxyl groups excluding tert-OH is 2. The van der Waals surface area contributed by atoms with Gasteiger partial charge in [-0.1, -0.05) is 168 Å². The predicted octanol–water partition coefficient (Wildman–Crippen LogP) is 8.85. The number of phosphoric ester groups is 1. The summed E-state index contributed by atoms with van der Waals surface area (Å²) in [5.41, 5.74) is 0. The number of rotatable bonds is 36. The van der Waals surface area contributed by atoms with E-state index in [1.807, 2.05) is 0 Å². The largest absolute Gasteiger partial charge is 0.470 e. The van der Waals surface area contributed by atoms with Crippen molar-refractivity contribution in [3.8, 4) is 0 Å².